The van der Waals surface area contributed by atoms with Gasteiger partial charge in [0, 0.05) is 42.9 Å². The van der Waals surface area contributed by atoms with Gasteiger partial charge in [-0.2, -0.15) is 0 Å². The smallest absolute Gasteiger partial charge is 0.0642 e. The quantitative estimate of drug-likeness (QED) is 0.724. The molecule has 0 unspecified atom stereocenters. The molecule has 1 aromatic carbocycles. The summed E-state index contributed by atoms with van der Waals surface area (Å²) in [6.07, 6.45) is 0. The van der Waals surface area contributed by atoms with Crippen molar-refractivity contribution in [2.45, 2.75) is 51.9 Å². The molecule has 0 aromatic heterocycles. The summed E-state index contributed by atoms with van der Waals surface area (Å²) in [5.41, 5.74) is 2.86. The van der Waals surface area contributed by atoms with E-state index in [1.54, 1.807) is 5.30 Å². The molecule has 2 aliphatic heterocycles. The Hall–Kier alpha value is -0.830. The summed E-state index contributed by atoms with van der Waals surface area (Å²) >= 11 is 0. The molecule has 2 saturated heterocycles. The highest BCUT2D eigenvalue weighted by Crippen LogP contribution is 2.61. The Bertz CT molecular complexity index is 574. The first-order valence-corrected chi connectivity index (χ1v) is 11.6. The van der Waals surface area contributed by atoms with Gasteiger partial charge in [-0.1, -0.05) is 55.5 Å². The molecule has 0 amide bonds. The molecular formula is C22H37N2O2P. The standard InChI is InChI=1S/C22H37N2O2P/c1-21(2,3)27(22(4,5)6)20-18(23-10-14-25-15-11-23)8-7-9-19(20)24-12-16-26-17-13-24/h7-9H,10-17H2,1-6H3. The van der Waals surface area contributed by atoms with E-state index in [1.165, 1.54) is 11.4 Å². The van der Waals surface area contributed by atoms with Crippen molar-refractivity contribution in [1.82, 2.24) is 0 Å². The Morgan fingerprint density at radius 1 is 0.704 bits per heavy atom. The monoisotopic (exact) mass is 392 g/mol. The lowest BCUT2D eigenvalue weighted by molar-refractivity contribution is 0.122. The Morgan fingerprint density at radius 3 is 1.41 bits per heavy atom. The molecule has 2 fully saturated rings. The van der Waals surface area contributed by atoms with Crippen LogP contribution < -0.4 is 15.1 Å². The largest absolute Gasteiger partial charge is 0.378 e. The van der Waals surface area contributed by atoms with Gasteiger partial charge in [0.25, 0.3) is 0 Å². The molecule has 5 heteroatoms. The second kappa shape index (κ2) is 8.27. The van der Waals surface area contributed by atoms with Crippen molar-refractivity contribution < 1.29 is 9.47 Å². The number of morpholine rings is 2. The van der Waals surface area contributed by atoms with Gasteiger partial charge in [0.05, 0.1) is 26.4 Å². The average Bonchev–Trinajstić information content (AvgIpc) is 2.61. The average molecular weight is 393 g/mol. The third kappa shape index (κ3) is 4.78. The Kier molecular flexibility index (Phi) is 6.40. The first-order valence-electron chi connectivity index (χ1n) is 10.3. The van der Waals surface area contributed by atoms with Gasteiger partial charge in [-0.15, -0.1) is 0 Å². The first-order chi connectivity index (χ1) is 12.7. The summed E-state index contributed by atoms with van der Waals surface area (Å²) in [6.45, 7) is 21.7. The lowest BCUT2D eigenvalue weighted by atomic mass is 10.2. The molecule has 2 aliphatic rings. The first kappa shape index (κ1) is 20.9. The summed E-state index contributed by atoms with van der Waals surface area (Å²) in [6, 6.07) is 6.94. The number of nitrogens with zero attached hydrogens (tertiary/aromatic N) is 2. The van der Waals surface area contributed by atoms with Gasteiger partial charge in [-0.3, -0.25) is 0 Å². The summed E-state index contributed by atoms with van der Waals surface area (Å²) in [4.78, 5) is 5.10. The van der Waals surface area contributed by atoms with E-state index in [9.17, 15) is 0 Å². The molecule has 0 atom stereocenters. The normalized spacial score (nSPS) is 19.7. The number of anilines is 2. The minimum atomic E-state index is -0.394. The van der Waals surface area contributed by atoms with Crippen molar-refractivity contribution >= 4 is 24.6 Å². The van der Waals surface area contributed by atoms with E-state index in [-0.39, 0.29) is 10.3 Å². The zero-order chi connectivity index (χ0) is 19.7. The fourth-order valence-corrected chi connectivity index (χ4v) is 8.79. The van der Waals surface area contributed by atoms with Crippen LogP contribution in [0.2, 0.25) is 0 Å². The summed E-state index contributed by atoms with van der Waals surface area (Å²) in [7, 11) is -0.394. The van der Waals surface area contributed by atoms with Gasteiger partial charge in [-0.25, -0.2) is 0 Å². The molecule has 0 radical (unpaired) electrons. The molecular weight excluding hydrogens is 355 g/mol. The van der Waals surface area contributed by atoms with E-state index in [4.69, 9.17) is 9.47 Å². The van der Waals surface area contributed by atoms with Crippen molar-refractivity contribution in [3.63, 3.8) is 0 Å². The fourth-order valence-electron chi connectivity index (χ4n) is 4.54. The van der Waals surface area contributed by atoms with Gasteiger partial charge in [-0.05, 0) is 22.4 Å². The van der Waals surface area contributed by atoms with Crippen LogP contribution in [0.1, 0.15) is 41.5 Å². The van der Waals surface area contributed by atoms with E-state index >= 15 is 0 Å². The number of hydrogen-bond acceptors (Lipinski definition) is 4. The molecule has 0 bridgehead atoms. The van der Waals surface area contributed by atoms with E-state index in [2.05, 4.69) is 69.5 Å². The SMILES string of the molecule is CC(C)(C)P(c1c(N2CCOCC2)cccc1N1CCOCC1)C(C)(C)C. The van der Waals surface area contributed by atoms with Crippen LogP contribution in [0.15, 0.2) is 18.2 Å². The highest BCUT2D eigenvalue weighted by molar-refractivity contribution is 7.69. The van der Waals surface area contributed by atoms with E-state index in [1.807, 2.05) is 0 Å². The van der Waals surface area contributed by atoms with E-state index < -0.39 is 7.92 Å². The number of ether oxygens (including phenoxy) is 2. The molecule has 27 heavy (non-hydrogen) atoms. The highest BCUT2D eigenvalue weighted by Gasteiger charge is 2.40. The van der Waals surface area contributed by atoms with Crippen molar-refractivity contribution in [2.24, 2.45) is 0 Å². The van der Waals surface area contributed by atoms with Crippen LogP contribution in [-0.4, -0.2) is 62.9 Å². The Morgan fingerprint density at radius 2 is 1.07 bits per heavy atom. The van der Waals surface area contributed by atoms with Crippen LogP contribution in [0.5, 0.6) is 0 Å². The molecule has 152 valence electrons. The van der Waals surface area contributed by atoms with Crippen LogP contribution in [0.3, 0.4) is 0 Å². The Balaban J connectivity index is 2.16. The van der Waals surface area contributed by atoms with Gasteiger partial charge in [0.1, 0.15) is 0 Å². The minimum absolute atomic E-state index is 0.233. The third-order valence-corrected chi connectivity index (χ3v) is 8.85. The highest BCUT2D eigenvalue weighted by atomic mass is 31.1. The van der Waals surface area contributed by atoms with Crippen molar-refractivity contribution in [3.8, 4) is 0 Å². The van der Waals surface area contributed by atoms with E-state index in [0.29, 0.717) is 0 Å². The maximum atomic E-state index is 5.64. The predicted molar refractivity (Wildman–Crippen MR) is 119 cm³/mol. The van der Waals surface area contributed by atoms with Crippen LogP contribution in [0, 0.1) is 0 Å². The zero-order valence-corrected chi connectivity index (χ0v) is 18.9. The van der Waals surface area contributed by atoms with Gasteiger partial charge in [0.2, 0.25) is 0 Å². The maximum absolute atomic E-state index is 5.64. The lowest BCUT2D eigenvalue weighted by Crippen LogP contribution is -2.44. The second-order valence-corrected chi connectivity index (χ2v) is 13.3. The number of rotatable bonds is 3. The van der Waals surface area contributed by atoms with Gasteiger partial charge >= 0.3 is 0 Å². The van der Waals surface area contributed by atoms with Crippen molar-refractivity contribution in [2.75, 3.05) is 62.4 Å². The predicted octanol–water partition coefficient (Wildman–Crippen LogP) is 4.06. The minimum Gasteiger partial charge on any atom is -0.378 e. The van der Waals surface area contributed by atoms with Crippen LogP contribution >= 0.6 is 7.92 Å². The molecule has 1 aromatic rings. The number of hydrogen-bond donors (Lipinski definition) is 0. The zero-order valence-electron chi connectivity index (χ0n) is 18.0. The summed E-state index contributed by atoms with van der Waals surface area (Å²) in [5.74, 6) is 0. The number of benzene rings is 1. The molecule has 0 saturated carbocycles. The molecule has 4 nitrogen and oxygen atoms in total. The molecule has 0 spiro atoms. The second-order valence-electron chi connectivity index (χ2n) is 9.52. The third-order valence-electron chi connectivity index (χ3n) is 5.26. The lowest BCUT2D eigenvalue weighted by Gasteiger charge is -2.46. The van der Waals surface area contributed by atoms with E-state index in [0.717, 1.165) is 52.6 Å². The Labute approximate surface area is 167 Å². The fraction of sp³-hybridized carbons (Fsp3) is 0.727. The van der Waals surface area contributed by atoms with Crippen LogP contribution in [0.4, 0.5) is 11.4 Å². The van der Waals surface area contributed by atoms with Gasteiger partial charge in [0.15, 0.2) is 0 Å². The summed E-state index contributed by atoms with van der Waals surface area (Å²) in [5, 5.41) is 2.05. The molecule has 0 aliphatic carbocycles. The van der Waals surface area contributed by atoms with Crippen molar-refractivity contribution in [3.05, 3.63) is 18.2 Å². The van der Waals surface area contributed by atoms with Crippen molar-refractivity contribution in [1.29, 1.82) is 0 Å². The molecule has 0 N–H and O–H groups in total. The molecule has 3 rings (SSSR count). The maximum Gasteiger partial charge on any atom is 0.0642 e. The molecule has 2 heterocycles. The topological polar surface area (TPSA) is 24.9 Å². The van der Waals surface area contributed by atoms with Crippen LogP contribution in [0.25, 0.3) is 0 Å². The van der Waals surface area contributed by atoms with Crippen LogP contribution in [-0.2, 0) is 9.47 Å². The van der Waals surface area contributed by atoms with Gasteiger partial charge < -0.3 is 19.3 Å². The summed E-state index contributed by atoms with van der Waals surface area (Å²) < 4.78 is 11.3.